The largest absolute Gasteiger partial charge is 0.467 e. The van der Waals surface area contributed by atoms with Crippen LogP contribution in [-0.2, 0) is 27.3 Å². The number of hydrogen-bond acceptors (Lipinski definition) is 7. The summed E-state index contributed by atoms with van der Waals surface area (Å²) in [7, 11) is 1.30. The lowest BCUT2D eigenvalue weighted by atomic mass is 10.0. The van der Waals surface area contributed by atoms with Gasteiger partial charge in [-0.1, -0.05) is 18.2 Å². The van der Waals surface area contributed by atoms with Crippen molar-refractivity contribution in [2.24, 2.45) is 0 Å². The first-order chi connectivity index (χ1) is 19.2. The molecule has 206 valence electrons. The van der Waals surface area contributed by atoms with E-state index in [2.05, 4.69) is 25.3 Å². The first-order valence-electron chi connectivity index (χ1n) is 13.1. The molecule has 1 aromatic heterocycles. The Morgan fingerprint density at radius 1 is 1.07 bits per heavy atom. The van der Waals surface area contributed by atoms with E-state index in [1.165, 1.54) is 7.11 Å². The van der Waals surface area contributed by atoms with Gasteiger partial charge < -0.3 is 19.6 Å². The van der Waals surface area contributed by atoms with Gasteiger partial charge in [-0.15, -0.1) is 0 Å². The molecule has 1 amide bonds. The van der Waals surface area contributed by atoms with E-state index in [4.69, 9.17) is 4.74 Å². The van der Waals surface area contributed by atoms with Gasteiger partial charge in [-0.2, -0.15) is 4.98 Å². The Bertz CT molecular complexity index is 1820. The van der Waals surface area contributed by atoms with Gasteiger partial charge in [0.25, 0.3) is 5.56 Å². The number of hydrogen-bond donors (Lipinski definition) is 3. The molecule has 2 aromatic carbocycles. The number of ether oxygens (including phenoxy) is 1. The number of aromatic amines is 2. The number of aromatic nitrogens is 5. The van der Waals surface area contributed by atoms with E-state index < -0.39 is 23.3 Å². The fraction of sp³-hybridized carbons (Fsp3) is 0.310. The van der Waals surface area contributed by atoms with Crippen LogP contribution in [-0.4, -0.2) is 49.5 Å². The first-order valence-corrected chi connectivity index (χ1v) is 13.1. The second kappa shape index (κ2) is 11.1. The van der Waals surface area contributed by atoms with E-state index in [1.807, 2.05) is 61.0 Å². The summed E-state index contributed by atoms with van der Waals surface area (Å²) in [5.41, 5.74) is 4.06. The molecule has 0 bridgehead atoms. The highest BCUT2D eigenvalue weighted by Crippen LogP contribution is 2.24. The van der Waals surface area contributed by atoms with Crippen molar-refractivity contribution in [2.75, 3.05) is 7.11 Å². The molecule has 1 atom stereocenters. The number of methoxy groups -OCH3 is 1. The zero-order chi connectivity index (χ0) is 28.4. The molecule has 3 aromatic rings. The third-order valence-corrected chi connectivity index (χ3v) is 7.18. The second-order valence-electron chi connectivity index (χ2n) is 9.90. The van der Waals surface area contributed by atoms with Crippen LogP contribution in [0.1, 0.15) is 36.0 Å². The second-order valence-corrected chi connectivity index (χ2v) is 9.90. The van der Waals surface area contributed by atoms with Crippen LogP contribution in [0.15, 0.2) is 52.2 Å². The number of benzene rings is 2. The predicted molar refractivity (Wildman–Crippen MR) is 150 cm³/mol. The molecule has 0 saturated carbocycles. The molecule has 3 N–H and O–H groups in total. The molecule has 0 spiro atoms. The number of rotatable bonds is 9. The van der Waals surface area contributed by atoms with Crippen molar-refractivity contribution < 1.29 is 14.3 Å². The van der Waals surface area contributed by atoms with Crippen molar-refractivity contribution in [1.82, 2.24) is 29.8 Å². The number of unbranched alkanes of at least 4 members (excludes halogenated alkanes) is 1. The van der Waals surface area contributed by atoms with Gasteiger partial charge in [0, 0.05) is 36.5 Å². The minimum absolute atomic E-state index is 0.0892. The molecule has 0 radical (unpaired) electrons. The van der Waals surface area contributed by atoms with Gasteiger partial charge >= 0.3 is 11.7 Å². The summed E-state index contributed by atoms with van der Waals surface area (Å²) in [5, 5.41) is 3.80. The highest BCUT2D eigenvalue weighted by atomic mass is 16.5. The van der Waals surface area contributed by atoms with Gasteiger partial charge in [-0.3, -0.25) is 14.6 Å². The van der Waals surface area contributed by atoms with Crippen LogP contribution in [0.3, 0.4) is 0 Å². The number of para-hydroxylation sites is 1. The van der Waals surface area contributed by atoms with Crippen molar-refractivity contribution in [2.45, 2.75) is 52.1 Å². The maximum atomic E-state index is 12.8. The number of carbonyl (C=O) groups is 2. The summed E-state index contributed by atoms with van der Waals surface area (Å²) in [6.07, 6.45) is 3.38. The Kier molecular flexibility index (Phi) is 7.45. The Morgan fingerprint density at radius 2 is 1.85 bits per heavy atom. The number of carbonyl (C=O) groups excluding carboxylic acids is 2. The molecule has 3 heterocycles. The molecule has 40 heavy (non-hydrogen) atoms. The molecule has 11 nitrogen and oxygen atoms in total. The molecule has 0 saturated heterocycles. The van der Waals surface area contributed by atoms with Gasteiger partial charge in [-0.05, 0) is 61.6 Å². The molecule has 1 unspecified atom stereocenters. The van der Waals surface area contributed by atoms with Crippen LogP contribution >= 0.6 is 0 Å². The maximum Gasteiger partial charge on any atom is 0.349 e. The van der Waals surface area contributed by atoms with Crippen LogP contribution in [0.5, 0.6) is 0 Å². The minimum atomic E-state index is -0.822. The highest BCUT2D eigenvalue weighted by molar-refractivity contribution is 5.87. The summed E-state index contributed by atoms with van der Waals surface area (Å²) in [6, 6.07) is 10.8. The Morgan fingerprint density at radius 3 is 2.65 bits per heavy atom. The number of amides is 1. The van der Waals surface area contributed by atoms with Crippen LogP contribution in [0.2, 0.25) is 0 Å². The van der Waals surface area contributed by atoms with E-state index in [1.54, 1.807) is 0 Å². The molecule has 11 heteroatoms. The first kappa shape index (κ1) is 26.8. The number of H-pyrrole nitrogens is 2. The topological polar surface area (TPSA) is 152 Å². The zero-order valence-electron chi connectivity index (χ0n) is 22.5. The van der Waals surface area contributed by atoms with Gasteiger partial charge in [-0.25, -0.2) is 14.6 Å². The lowest BCUT2D eigenvalue weighted by Crippen LogP contribution is -2.43. The average Bonchev–Trinajstić information content (AvgIpc) is 3.34. The summed E-state index contributed by atoms with van der Waals surface area (Å²) in [6.45, 7) is 4.36. The highest BCUT2D eigenvalue weighted by Gasteiger charge is 2.23. The molecule has 0 aliphatic carbocycles. The lowest BCUT2D eigenvalue weighted by molar-refractivity contribution is -0.145. The summed E-state index contributed by atoms with van der Waals surface area (Å²) in [4.78, 5) is 63.6. The molecule has 0 fully saturated rings. The monoisotopic (exact) mass is 542 g/mol. The number of aryl methyl sites for hydroxylation is 3. The Balaban J connectivity index is 1.29. The average molecular weight is 543 g/mol. The fourth-order valence-electron chi connectivity index (χ4n) is 4.95. The van der Waals surface area contributed by atoms with E-state index in [0.29, 0.717) is 31.3 Å². The summed E-state index contributed by atoms with van der Waals surface area (Å²) >= 11 is 0. The molecule has 2 aliphatic rings. The van der Waals surface area contributed by atoms with E-state index >= 15 is 0 Å². The zero-order valence-corrected chi connectivity index (χ0v) is 22.5. The molecular weight excluding hydrogens is 512 g/mol. The third kappa shape index (κ3) is 5.35. The van der Waals surface area contributed by atoms with Crippen LogP contribution in [0.25, 0.3) is 33.5 Å². The smallest absolute Gasteiger partial charge is 0.349 e. The van der Waals surface area contributed by atoms with Crippen LogP contribution < -0.4 is 16.6 Å². The van der Waals surface area contributed by atoms with Crippen LogP contribution in [0, 0.1) is 13.8 Å². The minimum Gasteiger partial charge on any atom is -0.467 e. The number of fused-ring (bicyclic) bond motifs is 3. The molecule has 5 rings (SSSR count). The number of nitrogens with zero attached hydrogens (tertiary/aromatic N) is 3. The Labute approximate surface area is 229 Å². The van der Waals surface area contributed by atoms with Gasteiger partial charge in [0.1, 0.15) is 6.04 Å². The van der Waals surface area contributed by atoms with Gasteiger partial charge in [0.15, 0.2) is 11.5 Å². The van der Waals surface area contributed by atoms with Crippen molar-refractivity contribution in [3.63, 3.8) is 0 Å². The van der Waals surface area contributed by atoms with Crippen molar-refractivity contribution in [3.05, 3.63) is 80.1 Å². The van der Waals surface area contributed by atoms with Crippen molar-refractivity contribution in [3.8, 4) is 11.5 Å². The molecular formula is C29H30N6O5. The van der Waals surface area contributed by atoms with E-state index in [0.717, 1.165) is 33.1 Å². The fourth-order valence-corrected chi connectivity index (χ4v) is 4.95. The SMILES string of the molecule is COC(=O)C(Cc1c[nH]c2ccccc12)NC(=O)CCCCn1c2nc(=O)[nH]c(=O)c-2nc2cc(C)c(C)cc21. The maximum absolute atomic E-state index is 12.8. The summed E-state index contributed by atoms with van der Waals surface area (Å²) < 4.78 is 6.76. The van der Waals surface area contributed by atoms with Crippen LogP contribution in [0.4, 0.5) is 0 Å². The third-order valence-electron chi connectivity index (χ3n) is 7.18. The standard InChI is InChI=1S/C29H30N6O5/c1-16-12-21-23(13-17(16)2)35(26-25(32-21)27(37)34-29(39)33-26)11-7-6-10-24(36)31-22(28(38)40-3)14-18-15-30-20-9-5-4-8-19(18)20/h4-5,8-9,12-13,15,22,30H,6-7,10-11,14H2,1-3H3,(H,31,36)(H,34,37,39). The predicted octanol–water partition coefficient (Wildman–Crippen LogP) is 2.75. The normalized spacial score (nSPS) is 12.2. The van der Waals surface area contributed by atoms with E-state index in [-0.39, 0.29) is 23.8 Å². The van der Waals surface area contributed by atoms with Gasteiger partial charge in [0.2, 0.25) is 5.91 Å². The lowest BCUT2D eigenvalue weighted by Gasteiger charge is -2.18. The van der Waals surface area contributed by atoms with Crippen molar-refractivity contribution >= 4 is 33.8 Å². The number of esters is 1. The molecule has 2 aliphatic heterocycles. The van der Waals surface area contributed by atoms with Gasteiger partial charge in [0.05, 0.1) is 18.1 Å². The van der Waals surface area contributed by atoms with Crippen molar-refractivity contribution in [1.29, 1.82) is 0 Å². The Hall–Kier alpha value is -4.80. The van der Waals surface area contributed by atoms with E-state index in [9.17, 15) is 19.2 Å². The quantitative estimate of drug-likeness (QED) is 0.147. The summed E-state index contributed by atoms with van der Waals surface area (Å²) in [5.74, 6) is -0.578. The number of nitrogens with one attached hydrogen (secondary N) is 3.